The summed E-state index contributed by atoms with van der Waals surface area (Å²) >= 11 is 0. The number of hydrogen-bond acceptors (Lipinski definition) is 3. The van der Waals surface area contributed by atoms with Crippen LogP contribution >= 0.6 is 0 Å². The van der Waals surface area contributed by atoms with Crippen LogP contribution in [-0.4, -0.2) is 47.7 Å². The van der Waals surface area contributed by atoms with Crippen LogP contribution in [-0.2, 0) is 4.79 Å². The van der Waals surface area contributed by atoms with Crippen molar-refractivity contribution in [2.24, 2.45) is 5.92 Å². The maximum atomic E-state index is 12.5. The lowest BCUT2D eigenvalue weighted by Crippen LogP contribution is -2.56. The standard InChI is InChI=1S/C15H26N2O2/c1-2-9-17(10-11-18)15(19)14-8-7-12-5-3-4-6-13(12)16-14/h2,12-14,16,18H,1,3-11H2. The number of piperidine rings is 1. The largest absolute Gasteiger partial charge is 0.395 e. The molecule has 2 N–H and O–H groups in total. The summed E-state index contributed by atoms with van der Waals surface area (Å²) in [5.74, 6) is 0.890. The van der Waals surface area contributed by atoms with Crippen LogP contribution in [0.2, 0.25) is 0 Å². The third-order valence-electron chi connectivity index (χ3n) is 4.48. The van der Waals surface area contributed by atoms with E-state index in [0.29, 0.717) is 19.1 Å². The van der Waals surface area contributed by atoms with E-state index < -0.39 is 0 Å². The molecule has 0 spiro atoms. The molecule has 3 atom stereocenters. The molecule has 3 unspecified atom stereocenters. The minimum atomic E-state index is -0.0640. The molecule has 1 saturated heterocycles. The van der Waals surface area contributed by atoms with Crippen LogP contribution in [0.3, 0.4) is 0 Å². The van der Waals surface area contributed by atoms with Gasteiger partial charge >= 0.3 is 0 Å². The highest BCUT2D eigenvalue weighted by Crippen LogP contribution is 2.32. The molecule has 1 aliphatic heterocycles. The number of aliphatic hydroxyl groups is 1. The van der Waals surface area contributed by atoms with Gasteiger partial charge in [-0.05, 0) is 31.6 Å². The molecule has 1 aliphatic carbocycles. The average molecular weight is 266 g/mol. The van der Waals surface area contributed by atoms with E-state index in [-0.39, 0.29) is 18.6 Å². The predicted molar refractivity (Wildman–Crippen MR) is 75.8 cm³/mol. The number of carbonyl (C=O) groups excluding carboxylic acids is 1. The van der Waals surface area contributed by atoms with Crippen molar-refractivity contribution in [2.75, 3.05) is 19.7 Å². The van der Waals surface area contributed by atoms with Crippen LogP contribution < -0.4 is 5.32 Å². The van der Waals surface area contributed by atoms with Gasteiger partial charge in [0.25, 0.3) is 0 Å². The van der Waals surface area contributed by atoms with Crippen molar-refractivity contribution in [3.05, 3.63) is 12.7 Å². The molecule has 2 rings (SSSR count). The number of nitrogens with zero attached hydrogens (tertiary/aromatic N) is 1. The third-order valence-corrected chi connectivity index (χ3v) is 4.48. The molecular weight excluding hydrogens is 240 g/mol. The first-order valence-electron chi connectivity index (χ1n) is 7.53. The van der Waals surface area contributed by atoms with Gasteiger partial charge in [-0.2, -0.15) is 0 Å². The van der Waals surface area contributed by atoms with Gasteiger partial charge in [-0.15, -0.1) is 6.58 Å². The Bertz CT molecular complexity index is 319. The molecule has 2 aliphatic rings. The SMILES string of the molecule is C=CCN(CCO)C(=O)C1CCC2CCCCC2N1. The second-order valence-electron chi connectivity index (χ2n) is 5.74. The summed E-state index contributed by atoms with van der Waals surface area (Å²) in [6.07, 6.45) is 8.95. The lowest BCUT2D eigenvalue weighted by atomic mass is 9.77. The fraction of sp³-hybridized carbons (Fsp3) is 0.800. The third kappa shape index (κ3) is 3.57. The Morgan fingerprint density at radius 2 is 2.11 bits per heavy atom. The van der Waals surface area contributed by atoms with Gasteiger partial charge in [-0.1, -0.05) is 18.9 Å². The summed E-state index contributed by atoms with van der Waals surface area (Å²) in [6.45, 7) is 4.61. The van der Waals surface area contributed by atoms with Crippen molar-refractivity contribution in [1.29, 1.82) is 0 Å². The fourth-order valence-corrected chi connectivity index (χ4v) is 3.48. The number of fused-ring (bicyclic) bond motifs is 1. The zero-order chi connectivity index (χ0) is 13.7. The monoisotopic (exact) mass is 266 g/mol. The zero-order valence-corrected chi connectivity index (χ0v) is 11.7. The van der Waals surface area contributed by atoms with Crippen molar-refractivity contribution >= 4 is 5.91 Å². The average Bonchev–Trinajstić information content (AvgIpc) is 2.46. The Morgan fingerprint density at radius 1 is 1.32 bits per heavy atom. The van der Waals surface area contributed by atoms with Crippen LogP contribution in [0.15, 0.2) is 12.7 Å². The van der Waals surface area contributed by atoms with E-state index in [1.807, 2.05) is 0 Å². The minimum Gasteiger partial charge on any atom is -0.395 e. The van der Waals surface area contributed by atoms with E-state index in [9.17, 15) is 4.79 Å². The van der Waals surface area contributed by atoms with Crippen molar-refractivity contribution in [3.63, 3.8) is 0 Å². The quantitative estimate of drug-likeness (QED) is 0.738. The van der Waals surface area contributed by atoms with E-state index >= 15 is 0 Å². The fourth-order valence-electron chi connectivity index (χ4n) is 3.48. The van der Waals surface area contributed by atoms with Crippen LogP contribution in [0, 0.1) is 5.92 Å². The Labute approximate surface area is 115 Å². The molecule has 4 heteroatoms. The molecule has 4 nitrogen and oxygen atoms in total. The van der Waals surface area contributed by atoms with Crippen LogP contribution in [0.5, 0.6) is 0 Å². The van der Waals surface area contributed by atoms with Gasteiger partial charge in [-0.25, -0.2) is 0 Å². The molecule has 1 heterocycles. The summed E-state index contributed by atoms with van der Waals surface area (Å²) in [6, 6.07) is 0.460. The van der Waals surface area contributed by atoms with Gasteiger partial charge in [0.15, 0.2) is 0 Å². The first kappa shape index (κ1) is 14.5. The number of carbonyl (C=O) groups is 1. The second-order valence-corrected chi connectivity index (χ2v) is 5.74. The number of aliphatic hydroxyl groups excluding tert-OH is 1. The Kier molecular flexibility index (Phi) is 5.40. The smallest absolute Gasteiger partial charge is 0.240 e. The molecule has 0 radical (unpaired) electrons. The van der Waals surface area contributed by atoms with Gasteiger partial charge in [-0.3, -0.25) is 4.79 Å². The number of nitrogens with one attached hydrogen (secondary N) is 1. The van der Waals surface area contributed by atoms with Crippen molar-refractivity contribution < 1.29 is 9.90 Å². The summed E-state index contributed by atoms with van der Waals surface area (Å²) in [4.78, 5) is 14.2. The van der Waals surface area contributed by atoms with Gasteiger partial charge in [0.2, 0.25) is 5.91 Å². The zero-order valence-electron chi connectivity index (χ0n) is 11.7. The van der Waals surface area contributed by atoms with Crippen molar-refractivity contribution in [3.8, 4) is 0 Å². The lowest BCUT2D eigenvalue weighted by Gasteiger charge is -2.41. The van der Waals surface area contributed by atoms with E-state index in [2.05, 4.69) is 11.9 Å². The van der Waals surface area contributed by atoms with Crippen LogP contribution in [0.25, 0.3) is 0 Å². The van der Waals surface area contributed by atoms with E-state index in [1.54, 1.807) is 11.0 Å². The predicted octanol–water partition coefficient (Wildman–Crippen LogP) is 1.30. The van der Waals surface area contributed by atoms with Crippen LogP contribution in [0.1, 0.15) is 38.5 Å². The summed E-state index contributed by atoms with van der Waals surface area (Å²) in [5.41, 5.74) is 0. The maximum absolute atomic E-state index is 12.5. The molecule has 1 amide bonds. The number of rotatable bonds is 5. The van der Waals surface area contributed by atoms with E-state index in [1.165, 1.54) is 25.7 Å². The molecular formula is C15H26N2O2. The van der Waals surface area contributed by atoms with E-state index in [4.69, 9.17) is 5.11 Å². The summed E-state index contributed by atoms with van der Waals surface area (Å²) in [7, 11) is 0. The second kappa shape index (κ2) is 7.06. The molecule has 2 fully saturated rings. The van der Waals surface area contributed by atoms with Gasteiger partial charge in [0.05, 0.1) is 12.6 Å². The highest BCUT2D eigenvalue weighted by Gasteiger charge is 2.35. The number of hydrogen-bond donors (Lipinski definition) is 2. The Balaban J connectivity index is 1.93. The van der Waals surface area contributed by atoms with E-state index in [0.717, 1.165) is 18.8 Å². The first-order valence-corrected chi connectivity index (χ1v) is 7.53. The van der Waals surface area contributed by atoms with Gasteiger partial charge in [0.1, 0.15) is 0 Å². The molecule has 0 aromatic heterocycles. The van der Waals surface area contributed by atoms with Crippen molar-refractivity contribution in [2.45, 2.75) is 50.6 Å². The summed E-state index contributed by atoms with van der Waals surface area (Å²) < 4.78 is 0. The van der Waals surface area contributed by atoms with Crippen molar-refractivity contribution in [1.82, 2.24) is 10.2 Å². The topological polar surface area (TPSA) is 52.6 Å². The molecule has 19 heavy (non-hydrogen) atoms. The molecule has 0 aromatic rings. The minimum absolute atomic E-state index is 0.0123. The van der Waals surface area contributed by atoms with Gasteiger partial charge in [0, 0.05) is 19.1 Å². The Hall–Kier alpha value is -0.870. The van der Waals surface area contributed by atoms with Gasteiger partial charge < -0.3 is 15.3 Å². The molecule has 1 saturated carbocycles. The molecule has 0 bridgehead atoms. The molecule has 0 aromatic carbocycles. The highest BCUT2D eigenvalue weighted by molar-refractivity contribution is 5.82. The first-order chi connectivity index (χ1) is 9.26. The summed E-state index contributed by atoms with van der Waals surface area (Å²) in [5, 5.41) is 12.6. The van der Waals surface area contributed by atoms with Crippen LogP contribution in [0.4, 0.5) is 0 Å². The Morgan fingerprint density at radius 3 is 2.84 bits per heavy atom. The highest BCUT2D eigenvalue weighted by atomic mass is 16.3. The lowest BCUT2D eigenvalue weighted by molar-refractivity contribution is -0.134. The normalized spacial score (nSPS) is 30.5. The maximum Gasteiger partial charge on any atom is 0.240 e. The molecule has 108 valence electrons. The number of amides is 1.